The van der Waals surface area contributed by atoms with Gasteiger partial charge in [0.15, 0.2) is 23.3 Å². The van der Waals surface area contributed by atoms with E-state index < -0.39 is 23.3 Å². The molecule has 0 radical (unpaired) electrons. The van der Waals surface area contributed by atoms with E-state index in [1.54, 1.807) is 6.07 Å². The highest BCUT2D eigenvalue weighted by Crippen LogP contribution is 2.40. The Labute approximate surface area is 200 Å². The van der Waals surface area contributed by atoms with Crippen molar-refractivity contribution in [3.05, 3.63) is 70.8 Å². The number of rotatable bonds is 6. The molecule has 2 aromatic carbocycles. The van der Waals surface area contributed by atoms with Crippen molar-refractivity contribution in [3.63, 3.8) is 0 Å². The van der Waals surface area contributed by atoms with Crippen LogP contribution in [-0.4, -0.2) is 12.7 Å². The molecule has 1 saturated carbocycles. The summed E-state index contributed by atoms with van der Waals surface area (Å²) in [5.41, 5.74) is 0.0848. The summed E-state index contributed by atoms with van der Waals surface area (Å²) in [5.74, 6) is -4.00. The van der Waals surface area contributed by atoms with Gasteiger partial charge in [-0.2, -0.15) is 0 Å². The molecule has 1 aliphatic carbocycles. The van der Waals surface area contributed by atoms with Crippen LogP contribution < -0.4 is 0 Å². The molecule has 0 spiro atoms. The zero-order valence-electron chi connectivity index (χ0n) is 20.1. The summed E-state index contributed by atoms with van der Waals surface area (Å²) >= 11 is 0. The maximum atomic E-state index is 15.1. The molecule has 1 heterocycles. The first kappa shape index (κ1) is 25.0. The number of hydrogen-bond acceptors (Lipinski definition) is 1. The molecule has 2 atom stereocenters. The van der Waals surface area contributed by atoms with E-state index in [2.05, 4.69) is 13.0 Å². The third-order valence-electron chi connectivity index (χ3n) is 7.61. The number of halogens is 4. The molecule has 1 nitrogen and oxygen atoms in total. The summed E-state index contributed by atoms with van der Waals surface area (Å²) in [5, 5.41) is 0. The maximum Gasteiger partial charge on any atom is 0.167 e. The molecule has 184 valence electrons. The van der Waals surface area contributed by atoms with Crippen LogP contribution >= 0.6 is 0 Å². The summed E-state index contributed by atoms with van der Waals surface area (Å²) in [7, 11) is 0. The van der Waals surface area contributed by atoms with E-state index in [0.717, 1.165) is 44.9 Å². The number of benzene rings is 2. The number of hydrogen-bond donors (Lipinski definition) is 0. The second-order valence-electron chi connectivity index (χ2n) is 9.82. The van der Waals surface area contributed by atoms with Crippen LogP contribution in [0.1, 0.15) is 88.2 Å². The van der Waals surface area contributed by atoms with Crippen LogP contribution in [0.4, 0.5) is 17.6 Å². The topological polar surface area (TPSA) is 9.23 Å². The van der Waals surface area contributed by atoms with Crippen LogP contribution in [0.5, 0.6) is 0 Å². The zero-order chi connectivity index (χ0) is 24.2. The van der Waals surface area contributed by atoms with Gasteiger partial charge in [-0.15, -0.1) is 0 Å². The van der Waals surface area contributed by atoms with Crippen molar-refractivity contribution in [2.45, 2.75) is 83.2 Å². The lowest BCUT2D eigenvalue weighted by atomic mass is 9.78. The highest BCUT2D eigenvalue weighted by atomic mass is 19.2. The van der Waals surface area contributed by atoms with E-state index in [-0.39, 0.29) is 34.6 Å². The van der Waals surface area contributed by atoms with Crippen molar-refractivity contribution in [2.24, 2.45) is 5.92 Å². The normalized spacial score (nSPS) is 25.7. The Morgan fingerprint density at radius 3 is 1.82 bits per heavy atom. The van der Waals surface area contributed by atoms with Crippen molar-refractivity contribution < 1.29 is 22.3 Å². The van der Waals surface area contributed by atoms with E-state index in [1.165, 1.54) is 18.2 Å². The van der Waals surface area contributed by atoms with Crippen LogP contribution in [0.15, 0.2) is 36.4 Å². The molecule has 0 bridgehead atoms. The lowest BCUT2D eigenvalue weighted by molar-refractivity contribution is -0.00181. The van der Waals surface area contributed by atoms with E-state index in [9.17, 15) is 0 Å². The first-order valence-electron chi connectivity index (χ1n) is 12.6. The maximum absolute atomic E-state index is 15.1. The Hall–Kier alpha value is -2.14. The first-order chi connectivity index (χ1) is 16.4. The standard InChI is InChI=1S/C29H34F4O/c1-3-5-18-7-9-19(10-8-18)22-13-15-24(28(32)26(22)30)25-16-14-23(27(31)29(25)33)20-11-12-21(6-4-2)34-17-20/h3,5,13-16,18-21H,4,6-12,17H2,1-2H3. The van der Waals surface area contributed by atoms with Gasteiger partial charge in [-0.3, -0.25) is 0 Å². The molecule has 4 rings (SSSR count). The minimum Gasteiger partial charge on any atom is -0.378 e. The highest BCUT2D eigenvalue weighted by Gasteiger charge is 2.29. The summed E-state index contributed by atoms with van der Waals surface area (Å²) in [4.78, 5) is 0. The van der Waals surface area contributed by atoms with Gasteiger partial charge in [0, 0.05) is 17.0 Å². The van der Waals surface area contributed by atoms with Gasteiger partial charge in [0.1, 0.15) is 0 Å². The number of allylic oxidation sites excluding steroid dienone is 2. The predicted octanol–water partition coefficient (Wildman–Crippen LogP) is 8.82. The molecule has 2 aromatic rings. The Bertz CT molecular complexity index is 1020. The summed E-state index contributed by atoms with van der Waals surface area (Å²) in [6.45, 7) is 4.42. The summed E-state index contributed by atoms with van der Waals surface area (Å²) in [6.07, 6.45) is 11.3. The van der Waals surface area contributed by atoms with Gasteiger partial charge in [-0.05, 0) is 74.8 Å². The van der Waals surface area contributed by atoms with E-state index in [1.807, 2.05) is 13.0 Å². The molecule has 5 heteroatoms. The van der Waals surface area contributed by atoms with Crippen LogP contribution in [0.25, 0.3) is 11.1 Å². The molecule has 0 amide bonds. The Morgan fingerprint density at radius 2 is 1.32 bits per heavy atom. The van der Waals surface area contributed by atoms with Crippen LogP contribution in [-0.2, 0) is 4.74 Å². The van der Waals surface area contributed by atoms with Gasteiger partial charge in [0.05, 0.1) is 12.7 Å². The van der Waals surface area contributed by atoms with Gasteiger partial charge < -0.3 is 4.74 Å². The Kier molecular flexibility index (Phi) is 8.13. The molecular weight excluding hydrogens is 440 g/mol. The SMILES string of the molecule is CC=CC1CCC(c2ccc(-c3ccc(C4CCC(CCC)OC4)c(F)c3F)c(F)c2F)CC1. The van der Waals surface area contributed by atoms with E-state index >= 15 is 17.6 Å². The van der Waals surface area contributed by atoms with Crippen LogP contribution in [0.3, 0.4) is 0 Å². The van der Waals surface area contributed by atoms with Crippen molar-refractivity contribution in [1.29, 1.82) is 0 Å². The molecular formula is C29H34F4O. The lowest BCUT2D eigenvalue weighted by Gasteiger charge is -2.29. The van der Waals surface area contributed by atoms with E-state index in [4.69, 9.17) is 4.74 Å². The summed E-state index contributed by atoms with van der Waals surface area (Å²) in [6, 6.07) is 5.80. The smallest absolute Gasteiger partial charge is 0.167 e. The predicted molar refractivity (Wildman–Crippen MR) is 128 cm³/mol. The fourth-order valence-corrected chi connectivity index (χ4v) is 5.67. The van der Waals surface area contributed by atoms with Crippen LogP contribution in [0.2, 0.25) is 0 Å². The van der Waals surface area contributed by atoms with Crippen molar-refractivity contribution >= 4 is 0 Å². The van der Waals surface area contributed by atoms with Crippen molar-refractivity contribution in [1.82, 2.24) is 0 Å². The fourth-order valence-electron chi connectivity index (χ4n) is 5.67. The van der Waals surface area contributed by atoms with Gasteiger partial charge in [-0.25, -0.2) is 17.6 Å². The average Bonchev–Trinajstić information content (AvgIpc) is 2.85. The molecule has 2 unspecified atom stereocenters. The molecule has 34 heavy (non-hydrogen) atoms. The van der Waals surface area contributed by atoms with Crippen molar-refractivity contribution in [2.75, 3.05) is 6.61 Å². The molecule has 2 fully saturated rings. The third kappa shape index (κ3) is 5.10. The molecule has 0 N–H and O–H groups in total. The largest absolute Gasteiger partial charge is 0.378 e. The summed E-state index contributed by atoms with van der Waals surface area (Å²) < 4.78 is 66.1. The molecule has 2 aliphatic rings. The molecule has 0 aromatic heterocycles. The van der Waals surface area contributed by atoms with Gasteiger partial charge in [-0.1, -0.05) is 49.8 Å². The lowest BCUT2D eigenvalue weighted by Crippen LogP contribution is -2.25. The minimum atomic E-state index is -1.13. The van der Waals surface area contributed by atoms with Gasteiger partial charge in [0.25, 0.3) is 0 Å². The average molecular weight is 475 g/mol. The third-order valence-corrected chi connectivity index (χ3v) is 7.61. The van der Waals surface area contributed by atoms with Crippen molar-refractivity contribution in [3.8, 4) is 11.1 Å². The molecule has 1 aliphatic heterocycles. The second kappa shape index (κ2) is 11.1. The van der Waals surface area contributed by atoms with Gasteiger partial charge in [0.2, 0.25) is 0 Å². The van der Waals surface area contributed by atoms with E-state index in [0.29, 0.717) is 24.5 Å². The molecule has 1 saturated heterocycles. The quantitative estimate of drug-likeness (QED) is 0.300. The number of ether oxygens (including phenoxy) is 1. The monoisotopic (exact) mass is 474 g/mol. The Balaban J connectivity index is 1.54. The van der Waals surface area contributed by atoms with Gasteiger partial charge >= 0.3 is 0 Å². The zero-order valence-corrected chi connectivity index (χ0v) is 20.1. The first-order valence-corrected chi connectivity index (χ1v) is 12.6. The Morgan fingerprint density at radius 1 is 0.765 bits per heavy atom. The minimum absolute atomic E-state index is 0.0585. The second-order valence-corrected chi connectivity index (χ2v) is 9.82. The van der Waals surface area contributed by atoms with Crippen LogP contribution in [0, 0.1) is 29.2 Å². The fraction of sp³-hybridized carbons (Fsp3) is 0.517. The highest BCUT2D eigenvalue weighted by molar-refractivity contribution is 5.66.